The lowest BCUT2D eigenvalue weighted by molar-refractivity contribution is -0.125. The number of hydrogen-bond donors (Lipinski definition) is 4. The van der Waals surface area contributed by atoms with E-state index in [1.54, 1.807) is 19.1 Å². The Hall–Kier alpha value is -2.24. The lowest BCUT2D eigenvalue weighted by Crippen LogP contribution is -2.53. The molecule has 0 radical (unpaired) electrons. The monoisotopic (exact) mass is 442 g/mol. The predicted molar refractivity (Wildman–Crippen MR) is 109 cm³/mol. The van der Waals surface area contributed by atoms with Gasteiger partial charge in [0.25, 0.3) is 10.0 Å². The Morgan fingerprint density at radius 3 is 2.63 bits per heavy atom. The van der Waals surface area contributed by atoms with Gasteiger partial charge in [0.1, 0.15) is 6.04 Å². The van der Waals surface area contributed by atoms with Crippen LogP contribution >= 0.6 is 0 Å². The molecule has 0 spiro atoms. The second-order valence-corrected chi connectivity index (χ2v) is 9.82. The number of nitrogens with one attached hydrogen (secondary N) is 2. The molecule has 0 aromatic carbocycles. The van der Waals surface area contributed by atoms with E-state index in [1.807, 2.05) is 13.8 Å². The van der Waals surface area contributed by atoms with Gasteiger partial charge >= 0.3 is 6.09 Å². The molecule has 1 aromatic rings. The van der Waals surface area contributed by atoms with E-state index in [1.165, 1.54) is 10.4 Å². The normalized spacial score (nSPS) is 21.6. The maximum absolute atomic E-state index is 12.9. The number of β-amino-alcohol motifs (C(OH)–C–C–N with tert-alkyl or cyclic N) is 1. The molecule has 168 valence electrons. The molecule has 2 amide bonds. The average molecular weight is 443 g/mol. The zero-order chi connectivity index (χ0) is 22.5. The summed E-state index contributed by atoms with van der Waals surface area (Å²) < 4.78 is 27.0. The lowest BCUT2D eigenvalue weighted by atomic mass is 10.0. The minimum absolute atomic E-state index is 0.0779. The van der Waals surface area contributed by atoms with E-state index in [9.17, 15) is 23.1 Å². The van der Waals surface area contributed by atoms with Gasteiger partial charge in [0.05, 0.1) is 12.1 Å². The Morgan fingerprint density at radius 1 is 1.33 bits per heavy atom. The van der Waals surface area contributed by atoms with Crippen molar-refractivity contribution in [3.63, 3.8) is 0 Å². The predicted octanol–water partition coefficient (Wildman–Crippen LogP) is 0.703. The lowest BCUT2D eigenvalue weighted by Gasteiger charge is -2.27. The van der Waals surface area contributed by atoms with E-state index >= 15 is 0 Å². The zero-order valence-electron chi connectivity index (χ0n) is 17.4. The van der Waals surface area contributed by atoms with Gasteiger partial charge in [-0.15, -0.1) is 0 Å². The molecule has 10 nitrogen and oxygen atoms in total. The number of carbonyl (C=O) groups excluding carboxylic acids is 1. The second-order valence-electron chi connectivity index (χ2n) is 7.94. The maximum atomic E-state index is 12.9. The first-order valence-corrected chi connectivity index (χ1v) is 11.4. The summed E-state index contributed by atoms with van der Waals surface area (Å²) in [4.78, 5) is 27.7. The Morgan fingerprint density at radius 2 is 2.03 bits per heavy atom. The number of aliphatic hydroxyl groups is 1. The Balaban J connectivity index is 2.10. The molecule has 0 bridgehead atoms. The fraction of sp³-hybridized carbons (Fsp3) is 0.632. The number of pyridine rings is 1. The van der Waals surface area contributed by atoms with Crippen LogP contribution in [-0.2, 0) is 14.8 Å². The van der Waals surface area contributed by atoms with Crippen LogP contribution in [0.4, 0.5) is 4.79 Å². The van der Waals surface area contributed by atoms with Crippen LogP contribution in [0.1, 0.15) is 38.8 Å². The first kappa shape index (κ1) is 24.0. The van der Waals surface area contributed by atoms with Crippen molar-refractivity contribution in [2.24, 2.45) is 5.92 Å². The number of aromatic nitrogens is 1. The Labute approximate surface area is 176 Å². The molecule has 2 unspecified atom stereocenters. The topological polar surface area (TPSA) is 149 Å². The van der Waals surface area contributed by atoms with E-state index in [0.717, 1.165) is 0 Å². The third-order valence-corrected chi connectivity index (χ3v) is 6.66. The molecule has 30 heavy (non-hydrogen) atoms. The highest BCUT2D eigenvalue weighted by Gasteiger charge is 2.35. The SMILES string of the molecule is Cc1cccc(S(=O)(=O)N2CCCC(NC(=O)C(CC(C)C)NC(=O)O)[C@@H](O)C2)n1. The number of aryl methyl sites for hydroxylation is 1. The summed E-state index contributed by atoms with van der Waals surface area (Å²) in [6, 6.07) is 3.08. The number of hydrogen-bond acceptors (Lipinski definition) is 6. The smallest absolute Gasteiger partial charge is 0.405 e. The molecule has 2 heterocycles. The van der Waals surface area contributed by atoms with Crippen molar-refractivity contribution in [2.45, 2.75) is 63.2 Å². The summed E-state index contributed by atoms with van der Waals surface area (Å²) >= 11 is 0. The first-order chi connectivity index (χ1) is 14.0. The largest absolute Gasteiger partial charge is 0.465 e. The summed E-state index contributed by atoms with van der Waals surface area (Å²) in [6.07, 6.45) is -1.35. The molecule has 1 fully saturated rings. The van der Waals surface area contributed by atoms with Crippen LogP contribution in [-0.4, -0.2) is 71.2 Å². The van der Waals surface area contributed by atoms with Gasteiger partial charge in [-0.1, -0.05) is 19.9 Å². The minimum atomic E-state index is -3.88. The van der Waals surface area contributed by atoms with Gasteiger partial charge in [0.2, 0.25) is 5.91 Å². The third kappa shape index (κ3) is 6.38. The summed E-state index contributed by atoms with van der Waals surface area (Å²) in [5.41, 5.74) is 0.568. The zero-order valence-corrected chi connectivity index (χ0v) is 18.2. The molecular weight excluding hydrogens is 412 g/mol. The molecule has 2 rings (SSSR count). The molecule has 1 aromatic heterocycles. The summed E-state index contributed by atoms with van der Waals surface area (Å²) in [6.45, 7) is 5.42. The maximum Gasteiger partial charge on any atom is 0.405 e. The quantitative estimate of drug-likeness (QED) is 0.486. The molecule has 3 atom stereocenters. The van der Waals surface area contributed by atoms with Gasteiger partial charge in [-0.3, -0.25) is 4.79 Å². The fourth-order valence-corrected chi connectivity index (χ4v) is 4.92. The fourth-order valence-electron chi connectivity index (χ4n) is 3.42. The molecule has 1 saturated heterocycles. The van der Waals surface area contributed by atoms with Crippen LogP contribution in [0, 0.1) is 12.8 Å². The van der Waals surface area contributed by atoms with Crippen LogP contribution in [0.25, 0.3) is 0 Å². The van der Waals surface area contributed by atoms with E-state index in [4.69, 9.17) is 5.11 Å². The van der Waals surface area contributed by atoms with Gasteiger partial charge in [-0.2, -0.15) is 4.31 Å². The Bertz CT molecular complexity index is 860. The molecule has 1 aliphatic rings. The number of carboxylic acid groups (broad SMARTS) is 1. The third-order valence-electron chi connectivity index (χ3n) is 4.89. The number of carbonyl (C=O) groups is 2. The van der Waals surface area contributed by atoms with Crippen LogP contribution in [0.2, 0.25) is 0 Å². The van der Waals surface area contributed by atoms with Crippen molar-refractivity contribution >= 4 is 22.0 Å². The molecule has 0 aliphatic carbocycles. The highest BCUT2D eigenvalue weighted by Crippen LogP contribution is 2.20. The van der Waals surface area contributed by atoms with Crippen molar-refractivity contribution in [1.29, 1.82) is 0 Å². The van der Waals surface area contributed by atoms with E-state index in [-0.39, 0.29) is 24.0 Å². The van der Waals surface area contributed by atoms with Crippen molar-refractivity contribution < 1.29 is 28.2 Å². The van der Waals surface area contributed by atoms with E-state index in [0.29, 0.717) is 25.0 Å². The van der Waals surface area contributed by atoms with Gasteiger partial charge in [-0.05, 0) is 44.2 Å². The minimum Gasteiger partial charge on any atom is -0.465 e. The number of sulfonamides is 1. The van der Waals surface area contributed by atoms with Gasteiger partial charge < -0.3 is 20.8 Å². The van der Waals surface area contributed by atoms with Crippen LogP contribution < -0.4 is 10.6 Å². The summed E-state index contributed by atoms with van der Waals surface area (Å²) in [7, 11) is -3.88. The van der Waals surface area contributed by atoms with Crippen molar-refractivity contribution in [3.8, 4) is 0 Å². The van der Waals surface area contributed by atoms with Gasteiger partial charge in [0.15, 0.2) is 5.03 Å². The average Bonchev–Trinajstić information content (AvgIpc) is 2.82. The van der Waals surface area contributed by atoms with E-state index < -0.39 is 40.2 Å². The number of amides is 2. The second kappa shape index (κ2) is 10.2. The Kier molecular flexibility index (Phi) is 8.16. The molecule has 0 saturated carbocycles. The standard InChI is InChI=1S/C19H30N4O6S/c1-12(2)10-15(22-19(26)27)18(25)21-14-7-5-9-23(11-16(14)24)30(28,29)17-8-4-6-13(3)20-17/h4,6,8,12,14-16,22,24H,5,7,9-11H2,1-3H3,(H,21,25)(H,26,27)/t14?,15?,16-/m0/s1. The van der Waals surface area contributed by atoms with Crippen LogP contribution in [0.5, 0.6) is 0 Å². The van der Waals surface area contributed by atoms with Crippen LogP contribution in [0.3, 0.4) is 0 Å². The highest BCUT2D eigenvalue weighted by atomic mass is 32.2. The number of aliphatic hydroxyl groups excluding tert-OH is 1. The van der Waals surface area contributed by atoms with Crippen molar-refractivity contribution in [3.05, 3.63) is 23.9 Å². The molecule has 1 aliphatic heterocycles. The van der Waals surface area contributed by atoms with Crippen LogP contribution in [0.15, 0.2) is 23.2 Å². The molecule has 4 N–H and O–H groups in total. The van der Waals surface area contributed by atoms with Gasteiger partial charge in [-0.25, -0.2) is 18.2 Å². The van der Waals surface area contributed by atoms with E-state index in [2.05, 4.69) is 15.6 Å². The summed E-state index contributed by atoms with van der Waals surface area (Å²) in [5, 5.41) is 24.4. The number of nitrogens with zero attached hydrogens (tertiary/aromatic N) is 2. The van der Waals surface area contributed by atoms with Crippen molar-refractivity contribution in [1.82, 2.24) is 19.9 Å². The molecule has 11 heteroatoms. The molecular formula is C19H30N4O6S. The summed E-state index contributed by atoms with van der Waals surface area (Å²) in [5.74, 6) is -0.457. The number of rotatable bonds is 7. The van der Waals surface area contributed by atoms with Crippen molar-refractivity contribution in [2.75, 3.05) is 13.1 Å². The van der Waals surface area contributed by atoms with Gasteiger partial charge in [0, 0.05) is 18.8 Å². The highest BCUT2D eigenvalue weighted by molar-refractivity contribution is 7.89. The first-order valence-electron chi connectivity index (χ1n) is 9.92.